The van der Waals surface area contributed by atoms with Crippen molar-refractivity contribution < 1.29 is 14.6 Å². The van der Waals surface area contributed by atoms with Gasteiger partial charge in [0, 0.05) is 20.3 Å². The molecule has 0 bridgehead atoms. The van der Waals surface area contributed by atoms with Crippen molar-refractivity contribution in [2.45, 2.75) is 25.4 Å². The molecule has 1 aromatic carbocycles. The fraction of sp³-hybridized carbons (Fsp3) is 0.600. The third kappa shape index (κ3) is 7.88. The van der Waals surface area contributed by atoms with E-state index in [2.05, 4.69) is 5.32 Å². The molecule has 0 radical (unpaired) electrons. The molecule has 1 unspecified atom stereocenters. The molecule has 0 aromatic heterocycles. The number of nitrogens with one attached hydrogen (secondary N) is 1. The van der Waals surface area contributed by atoms with Crippen molar-refractivity contribution in [3.63, 3.8) is 0 Å². The average Bonchev–Trinajstić information content (AvgIpc) is 2.46. The van der Waals surface area contributed by atoms with Gasteiger partial charge in [0.1, 0.15) is 12.7 Å². The van der Waals surface area contributed by atoms with E-state index in [1.807, 2.05) is 0 Å². The van der Waals surface area contributed by atoms with Crippen LogP contribution in [-0.2, 0) is 4.74 Å². The lowest BCUT2D eigenvalue weighted by Crippen LogP contribution is -2.32. The van der Waals surface area contributed by atoms with E-state index in [1.165, 1.54) is 0 Å². The lowest BCUT2D eigenvalue weighted by atomic mass is 10.2. The minimum Gasteiger partial charge on any atom is -0.488 e. The molecular formula is C15H23Cl2NO3. The molecule has 0 amide bonds. The SMILES string of the molecule is COCCCCCNCC(O)COc1c(Cl)cccc1Cl. The van der Waals surface area contributed by atoms with Gasteiger partial charge in [-0.2, -0.15) is 0 Å². The zero-order valence-electron chi connectivity index (χ0n) is 12.3. The van der Waals surface area contributed by atoms with Crippen LogP contribution in [-0.4, -0.2) is 44.6 Å². The van der Waals surface area contributed by atoms with E-state index in [1.54, 1.807) is 25.3 Å². The Morgan fingerprint density at radius 1 is 1.19 bits per heavy atom. The molecule has 4 nitrogen and oxygen atoms in total. The van der Waals surface area contributed by atoms with Crippen LogP contribution in [0.2, 0.25) is 10.0 Å². The lowest BCUT2D eigenvalue weighted by molar-refractivity contribution is 0.106. The number of hydrogen-bond donors (Lipinski definition) is 2. The number of aliphatic hydroxyl groups is 1. The molecule has 0 aliphatic heterocycles. The van der Waals surface area contributed by atoms with Crippen LogP contribution in [0.25, 0.3) is 0 Å². The van der Waals surface area contributed by atoms with E-state index in [4.69, 9.17) is 32.7 Å². The van der Waals surface area contributed by atoms with Gasteiger partial charge in [-0.3, -0.25) is 0 Å². The molecule has 0 saturated carbocycles. The highest BCUT2D eigenvalue weighted by Crippen LogP contribution is 2.32. The summed E-state index contributed by atoms with van der Waals surface area (Å²) in [6.45, 7) is 2.30. The molecule has 1 rings (SSSR count). The smallest absolute Gasteiger partial charge is 0.156 e. The highest BCUT2D eigenvalue weighted by Gasteiger charge is 2.10. The van der Waals surface area contributed by atoms with Gasteiger partial charge in [0.25, 0.3) is 0 Å². The van der Waals surface area contributed by atoms with Crippen molar-refractivity contribution in [2.24, 2.45) is 0 Å². The average molecular weight is 336 g/mol. The maximum Gasteiger partial charge on any atom is 0.156 e. The second-order valence-corrected chi connectivity index (χ2v) is 5.59. The van der Waals surface area contributed by atoms with Gasteiger partial charge in [0.05, 0.1) is 10.0 Å². The third-order valence-electron chi connectivity index (χ3n) is 2.92. The standard InChI is InChI=1S/C15H23Cl2NO3/c1-20-9-4-2-3-8-18-10-12(19)11-21-15-13(16)6-5-7-14(15)17/h5-7,12,18-19H,2-4,8-11H2,1H3. The summed E-state index contributed by atoms with van der Waals surface area (Å²) in [5.74, 6) is 0.416. The van der Waals surface area contributed by atoms with Gasteiger partial charge in [-0.25, -0.2) is 0 Å². The summed E-state index contributed by atoms with van der Waals surface area (Å²) in [6, 6.07) is 5.15. The first-order valence-electron chi connectivity index (χ1n) is 7.09. The van der Waals surface area contributed by atoms with Gasteiger partial charge >= 0.3 is 0 Å². The van der Waals surface area contributed by atoms with Crippen LogP contribution in [0.15, 0.2) is 18.2 Å². The van der Waals surface area contributed by atoms with Crippen molar-refractivity contribution in [1.29, 1.82) is 0 Å². The molecule has 6 heteroatoms. The van der Waals surface area contributed by atoms with Crippen molar-refractivity contribution in [1.82, 2.24) is 5.32 Å². The molecule has 0 fully saturated rings. The fourth-order valence-electron chi connectivity index (χ4n) is 1.80. The first kappa shape index (κ1) is 18.5. The lowest BCUT2D eigenvalue weighted by Gasteiger charge is -2.14. The molecule has 120 valence electrons. The second-order valence-electron chi connectivity index (χ2n) is 4.77. The normalized spacial score (nSPS) is 12.4. The van der Waals surface area contributed by atoms with E-state index < -0.39 is 6.10 Å². The quantitative estimate of drug-likeness (QED) is 0.610. The summed E-state index contributed by atoms with van der Waals surface area (Å²) in [4.78, 5) is 0. The van der Waals surface area contributed by atoms with Crippen molar-refractivity contribution in [3.05, 3.63) is 28.2 Å². The van der Waals surface area contributed by atoms with Crippen molar-refractivity contribution in [2.75, 3.05) is 33.4 Å². The summed E-state index contributed by atoms with van der Waals surface area (Å²) >= 11 is 12.0. The molecule has 1 atom stereocenters. The number of rotatable bonds is 11. The zero-order chi connectivity index (χ0) is 15.5. The Morgan fingerprint density at radius 2 is 1.90 bits per heavy atom. The number of benzene rings is 1. The molecule has 0 aliphatic carbocycles. The minimum atomic E-state index is -0.601. The molecular weight excluding hydrogens is 313 g/mol. The van der Waals surface area contributed by atoms with Crippen LogP contribution in [0.4, 0.5) is 0 Å². The Morgan fingerprint density at radius 3 is 2.57 bits per heavy atom. The first-order chi connectivity index (χ1) is 10.1. The Hall–Kier alpha value is -0.520. The van der Waals surface area contributed by atoms with E-state index in [-0.39, 0.29) is 6.61 Å². The van der Waals surface area contributed by atoms with Crippen LogP contribution in [0.1, 0.15) is 19.3 Å². The summed E-state index contributed by atoms with van der Waals surface area (Å²) in [7, 11) is 1.71. The second kappa shape index (κ2) is 11.1. The number of methoxy groups -OCH3 is 1. The highest BCUT2D eigenvalue weighted by molar-refractivity contribution is 6.37. The molecule has 0 saturated heterocycles. The molecule has 21 heavy (non-hydrogen) atoms. The number of hydrogen-bond acceptors (Lipinski definition) is 4. The third-order valence-corrected chi connectivity index (χ3v) is 3.52. The molecule has 0 aliphatic rings. The van der Waals surface area contributed by atoms with Gasteiger partial charge in [-0.15, -0.1) is 0 Å². The zero-order valence-corrected chi connectivity index (χ0v) is 13.8. The van der Waals surface area contributed by atoms with Crippen LogP contribution in [0.5, 0.6) is 5.75 Å². The monoisotopic (exact) mass is 335 g/mol. The van der Waals surface area contributed by atoms with Crippen LogP contribution in [0.3, 0.4) is 0 Å². The molecule has 2 N–H and O–H groups in total. The van der Waals surface area contributed by atoms with Gasteiger partial charge in [0.2, 0.25) is 0 Å². The molecule has 1 aromatic rings. The van der Waals surface area contributed by atoms with Crippen LogP contribution in [0, 0.1) is 0 Å². The van der Waals surface area contributed by atoms with Gasteiger partial charge in [-0.1, -0.05) is 29.3 Å². The number of aliphatic hydroxyl groups excluding tert-OH is 1. The predicted octanol–water partition coefficient (Wildman–Crippen LogP) is 3.14. The fourth-order valence-corrected chi connectivity index (χ4v) is 2.31. The maximum atomic E-state index is 9.84. The van der Waals surface area contributed by atoms with Crippen molar-refractivity contribution >= 4 is 23.2 Å². The van der Waals surface area contributed by atoms with E-state index in [0.29, 0.717) is 22.3 Å². The Balaban J connectivity index is 2.12. The van der Waals surface area contributed by atoms with Gasteiger partial charge in [0.15, 0.2) is 5.75 Å². The highest BCUT2D eigenvalue weighted by atomic mass is 35.5. The number of ether oxygens (including phenoxy) is 2. The van der Waals surface area contributed by atoms with Crippen LogP contribution >= 0.6 is 23.2 Å². The number of halogens is 2. The Bertz CT molecular complexity index is 384. The summed E-state index contributed by atoms with van der Waals surface area (Å²) < 4.78 is 10.5. The Kier molecular flexibility index (Phi) is 9.79. The topological polar surface area (TPSA) is 50.7 Å². The Labute approximate surface area is 136 Å². The summed E-state index contributed by atoms with van der Waals surface area (Å²) in [6.07, 6.45) is 2.64. The first-order valence-corrected chi connectivity index (χ1v) is 7.85. The van der Waals surface area contributed by atoms with E-state index in [9.17, 15) is 5.11 Å². The number of unbranched alkanes of at least 4 members (excludes halogenated alkanes) is 2. The largest absolute Gasteiger partial charge is 0.488 e. The van der Waals surface area contributed by atoms with Gasteiger partial charge in [-0.05, 0) is 37.9 Å². The summed E-state index contributed by atoms with van der Waals surface area (Å²) in [5.41, 5.74) is 0. The van der Waals surface area contributed by atoms with E-state index in [0.717, 1.165) is 32.4 Å². The van der Waals surface area contributed by atoms with Crippen LogP contribution < -0.4 is 10.1 Å². The number of para-hydroxylation sites is 1. The van der Waals surface area contributed by atoms with E-state index >= 15 is 0 Å². The predicted molar refractivity (Wildman–Crippen MR) is 86.6 cm³/mol. The minimum absolute atomic E-state index is 0.153. The molecule has 0 spiro atoms. The van der Waals surface area contributed by atoms with Crippen molar-refractivity contribution in [3.8, 4) is 5.75 Å². The van der Waals surface area contributed by atoms with Gasteiger partial charge < -0.3 is 19.9 Å². The maximum absolute atomic E-state index is 9.84. The molecule has 0 heterocycles. The summed E-state index contributed by atoms with van der Waals surface area (Å²) in [5, 5.41) is 13.9.